The monoisotopic (exact) mass is 448 g/mol. The second-order valence-corrected chi connectivity index (χ2v) is 8.54. The van der Waals surface area contributed by atoms with Crippen molar-refractivity contribution in [3.05, 3.63) is 59.5 Å². The zero-order chi connectivity index (χ0) is 21.9. The van der Waals surface area contributed by atoms with Gasteiger partial charge in [0, 0.05) is 35.9 Å². The normalized spacial score (nSPS) is 11.5. The molecule has 5 N–H and O–H groups in total. The minimum Gasteiger partial charge on any atom is -0.480 e. The Morgan fingerprint density at radius 3 is 2.50 bits per heavy atom. The Bertz CT molecular complexity index is 1230. The molecule has 0 aliphatic heterocycles. The fraction of sp³-hybridized carbons (Fsp3) is 0.111. The van der Waals surface area contributed by atoms with Gasteiger partial charge < -0.3 is 16.6 Å². The van der Waals surface area contributed by atoms with Gasteiger partial charge in [0.05, 0.1) is 9.92 Å². The van der Waals surface area contributed by atoms with Gasteiger partial charge in [-0.2, -0.15) is 9.30 Å². The van der Waals surface area contributed by atoms with E-state index in [1.807, 2.05) is 0 Å². The SMILES string of the molecule is NC(N)=Nc1ncc(Cl)c2ccc(S(=O)(=O)N(CC(=O)O)Cc3ccncc3)cc12. The number of hydrogen-bond donors (Lipinski definition) is 3. The maximum absolute atomic E-state index is 13.2. The van der Waals surface area contributed by atoms with Gasteiger partial charge in [-0.25, -0.2) is 13.4 Å². The lowest BCUT2D eigenvalue weighted by atomic mass is 10.1. The summed E-state index contributed by atoms with van der Waals surface area (Å²) in [6.07, 6.45) is 4.33. The number of carboxylic acids is 1. The molecule has 0 unspecified atom stereocenters. The molecule has 0 fully saturated rings. The number of nitrogens with two attached hydrogens (primary N) is 2. The van der Waals surface area contributed by atoms with Crippen molar-refractivity contribution in [1.82, 2.24) is 14.3 Å². The summed E-state index contributed by atoms with van der Waals surface area (Å²) in [4.78, 5) is 23.0. The van der Waals surface area contributed by atoms with Crippen LogP contribution in [0.25, 0.3) is 10.8 Å². The molecule has 0 radical (unpaired) electrons. The van der Waals surface area contributed by atoms with E-state index in [0.29, 0.717) is 16.3 Å². The summed E-state index contributed by atoms with van der Waals surface area (Å²) in [5.74, 6) is -1.46. The van der Waals surface area contributed by atoms with Crippen LogP contribution in [-0.4, -0.2) is 46.3 Å². The number of fused-ring (bicyclic) bond motifs is 1. The lowest BCUT2D eigenvalue weighted by Crippen LogP contribution is -2.35. The third-order valence-corrected chi connectivity index (χ3v) is 6.17. The topological polar surface area (TPSA) is 165 Å². The number of carboxylic acid groups (broad SMARTS) is 1. The van der Waals surface area contributed by atoms with Crippen LogP contribution < -0.4 is 11.5 Å². The third-order valence-electron chi connectivity index (χ3n) is 4.08. The van der Waals surface area contributed by atoms with Gasteiger partial charge in [-0.05, 0) is 29.8 Å². The van der Waals surface area contributed by atoms with Crippen molar-refractivity contribution in [1.29, 1.82) is 0 Å². The quantitative estimate of drug-likeness (QED) is 0.361. The largest absolute Gasteiger partial charge is 0.480 e. The molecule has 0 bridgehead atoms. The van der Waals surface area contributed by atoms with E-state index in [2.05, 4.69) is 15.0 Å². The number of aromatic nitrogens is 2. The summed E-state index contributed by atoms with van der Waals surface area (Å²) in [5, 5.41) is 10.3. The van der Waals surface area contributed by atoms with Crippen LogP contribution in [0.3, 0.4) is 0 Å². The van der Waals surface area contributed by atoms with Crippen LogP contribution in [-0.2, 0) is 21.4 Å². The van der Waals surface area contributed by atoms with Crippen molar-refractivity contribution < 1.29 is 18.3 Å². The smallest absolute Gasteiger partial charge is 0.318 e. The van der Waals surface area contributed by atoms with E-state index in [0.717, 1.165) is 4.31 Å². The second kappa shape index (κ2) is 8.61. The molecule has 0 atom stereocenters. The molecule has 2 aromatic heterocycles. The van der Waals surface area contributed by atoms with Crippen LogP contribution in [0, 0.1) is 0 Å². The Balaban J connectivity index is 2.12. The fourth-order valence-corrected chi connectivity index (χ4v) is 4.38. The molecule has 1 aromatic carbocycles. The highest BCUT2D eigenvalue weighted by atomic mass is 35.5. The Hall–Kier alpha value is -3.28. The highest BCUT2D eigenvalue weighted by Crippen LogP contribution is 2.32. The summed E-state index contributed by atoms with van der Waals surface area (Å²) in [5.41, 5.74) is 11.4. The van der Waals surface area contributed by atoms with E-state index in [1.54, 1.807) is 12.1 Å². The number of carbonyl (C=O) groups is 1. The number of benzene rings is 1. The minimum atomic E-state index is -4.19. The number of aliphatic carboxylic acids is 1. The molecule has 2 heterocycles. The number of sulfonamides is 1. The molecular formula is C18H17ClN6O4S. The van der Waals surface area contributed by atoms with Crippen LogP contribution >= 0.6 is 11.6 Å². The molecule has 30 heavy (non-hydrogen) atoms. The summed E-state index contributed by atoms with van der Waals surface area (Å²) >= 11 is 6.15. The molecule has 156 valence electrons. The molecule has 10 nitrogen and oxygen atoms in total. The van der Waals surface area contributed by atoms with Gasteiger partial charge in [-0.3, -0.25) is 9.78 Å². The standard InChI is InChI=1S/C18H17ClN6O4S/c19-15-8-23-17(24-18(20)21)14-7-12(1-2-13(14)15)30(28,29)25(10-16(26)27)9-11-3-5-22-6-4-11/h1-8H,9-10H2,(H,26,27)(H4,20,21,23,24). The molecule has 3 aromatic rings. The van der Waals surface area contributed by atoms with Crippen molar-refractivity contribution in [2.45, 2.75) is 11.4 Å². The lowest BCUT2D eigenvalue weighted by Gasteiger charge is -2.21. The van der Waals surface area contributed by atoms with Gasteiger partial charge in [-0.15, -0.1) is 0 Å². The number of aliphatic imine (C=N–C) groups is 1. The van der Waals surface area contributed by atoms with E-state index < -0.39 is 22.5 Å². The van der Waals surface area contributed by atoms with Gasteiger partial charge >= 0.3 is 5.97 Å². The van der Waals surface area contributed by atoms with Crippen LogP contribution in [0.1, 0.15) is 5.56 Å². The molecular weight excluding hydrogens is 432 g/mol. The average Bonchev–Trinajstić information content (AvgIpc) is 2.69. The molecule has 12 heteroatoms. The summed E-state index contributed by atoms with van der Waals surface area (Å²) in [6.45, 7) is -0.874. The summed E-state index contributed by atoms with van der Waals surface area (Å²) in [7, 11) is -4.19. The molecule has 0 amide bonds. The van der Waals surface area contributed by atoms with E-state index >= 15 is 0 Å². The van der Waals surface area contributed by atoms with Gasteiger partial charge in [0.1, 0.15) is 6.54 Å². The highest BCUT2D eigenvalue weighted by Gasteiger charge is 2.27. The van der Waals surface area contributed by atoms with Gasteiger partial charge in [-0.1, -0.05) is 17.7 Å². The van der Waals surface area contributed by atoms with Crippen molar-refractivity contribution >= 4 is 50.1 Å². The number of guanidine groups is 1. The minimum absolute atomic E-state index is 0.0883. The molecule has 0 aliphatic carbocycles. The van der Waals surface area contributed by atoms with Crippen LogP contribution in [0.15, 0.2) is 58.8 Å². The van der Waals surface area contributed by atoms with Crippen LogP contribution in [0.4, 0.5) is 5.82 Å². The number of rotatable bonds is 7. The van der Waals surface area contributed by atoms with Crippen molar-refractivity contribution in [3.8, 4) is 0 Å². The number of pyridine rings is 2. The van der Waals surface area contributed by atoms with Crippen LogP contribution in [0.5, 0.6) is 0 Å². The predicted molar refractivity (Wildman–Crippen MR) is 112 cm³/mol. The zero-order valence-corrected chi connectivity index (χ0v) is 17.0. The van der Waals surface area contributed by atoms with Gasteiger partial charge in [0.15, 0.2) is 11.8 Å². The van der Waals surface area contributed by atoms with E-state index in [9.17, 15) is 18.3 Å². The number of nitrogens with zero attached hydrogens (tertiary/aromatic N) is 4. The molecule has 0 saturated carbocycles. The van der Waals surface area contributed by atoms with Crippen molar-refractivity contribution in [3.63, 3.8) is 0 Å². The van der Waals surface area contributed by atoms with Gasteiger partial charge in [0.25, 0.3) is 0 Å². The first-order chi connectivity index (χ1) is 14.2. The second-order valence-electron chi connectivity index (χ2n) is 6.20. The summed E-state index contributed by atoms with van der Waals surface area (Å²) < 4.78 is 27.3. The summed E-state index contributed by atoms with van der Waals surface area (Å²) in [6, 6.07) is 7.34. The number of halogens is 1. The Morgan fingerprint density at radius 1 is 1.17 bits per heavy atom. The Labute approximate surface area is 176 Å². The fourth-order valence-electron chi connectivity index (χ4n) is 2.76. The highest BCUT2D eigenvalue weighted by molar-refractivity contribution is 7.89. The van der Waals surface area contributed by atoms with E-state index in [-0.39, 0.29) is 28.2 Å². The zero-order valence-electron chi connectivity index (χ0n) is 15.4. The third kappa shape index (κ3) is 4.64. The van der Waals surface area contributed by atoms with E-state index in [4.69, 9.17) is 23.1 Å². The first-order valence-electron chi connectivity index (χ1n) is 8.47. The molecule has 0 aliphatic rings. The maximum atomic E-state index is 13.2. The lowest BCUT2D eigenvalue weighted by molar-refractivity contribution is -0.137. The van der Waals surface area contributed by atoms with Crippen molar-refractivity contribution in [2.75, 3.05) is 6.54 Å². The first kappa shape index (κ1) is 21.4. The van der Waals surface area contributed by atoms with Crippen LogP contribution in [0.2, 0.25) is 5.02 Å². The molecule has 0 saturated heterocycles. The molecule has 0 spiro atoms. The maximum Gasteiger partial charge on any atom is 0.318 e. The predicted octanol–water partition coefficient (Wildman–Crippen LogP) is 1.46. The van der Waals surface area contributed by atoms with Gasteiger partial charge in [0.2, 0.25) is 10.0 Å². The number of hydrogen-bond acceptors (Lipinski definition) is 6. The Morgan fingerprint density at radius 2 is 1.87 bits per heavy atom. The molecule has 3 rings (SSSR count). The first-order valence-corrected chi connectivity index (χ1v) is 10.3. The van der Waals surface area contributed by atoms with E-state index in [1.165, 1.54) is 36.8 Å². The average molecular weight is 449 g/mol. The Kier molecular flexibility index (Phi) is 6.15. The van der Waals surface area contributed by atoms with Crippen molar-refractivity contribution in [2.24, 2.45) is 16.5 Å².